The Morgan fingerprint density at radius 3 is 2.60 bits per heavy atom. The molecule has 1 unspecified atom stereocenters. The van der Waals surface area contributed by atoms with Crippen molar-refractivity contribution in [1.82, 2.24) is 0 Å². The molecule has 0 heterocycles. The maximum atomic E-state index is 11.3. The van der Waals surface area contributed by atoms with Gasteiger partial charge in [0.25, 0.3) is 0 Å². The monoisotopic (exact) mass is 214 g/mol. The Bertz CT molecular complexity index is 178. The average molecular weight is 214 g/mol. The number of hydrogen-bond acceptors (Lipinski definition) is 3. The van der Waals surface area contributed by atoms with Gasteiger partial charge in [0, 0.05) is 12.8 Å². The SMILES string of the molecule is CCCC(CC)OC(=O)CCCCC=O. The molecule has 3 heteroatoms. The van der Waals surface area contributed by atoms with Gasteiger partial charge in [-0.25, -0.2) is 0 Å². The van der Waals surface area contributed by atoms with Crippen LogP contribution in [0.2, 0.25) is 0 Å². The molecule has 0 aromatic rings. The predicted molar refractivity (Wildman–Crippen MR) is 59.6 cm³/mol. The van der Waals surface area contributed by atoms with Crippen LogP contribution in [-0.4, -0.2) is 18.4 Å². The highest BCUT2D eigenvalue weighted by Crippen LogP contribution is 2.09. The van der Waals surface area contributed by atoms with Crippen molar-refractivity contribution in [3.63, 3.8) is 0 Å². The summed E-state index contributed by atoms with van der Waals surface area (Å²) >= 11 is 0. The molecule has 0 saturated carbocycles. The minimum Gasteiger partial charge on any atom is -0.462 e. The molecule has 15 heavy (non-hydrogen) atoms. The van der Waals surface area contributed by atoms with E-state index < -0.39 is 0 Å². The minimum atomic E-state index is -0.124. The second kappa shape index (κ2) is 9.69. The smallest absolute Gasteiger partial charge is 0.306 e. The van der Waals surface area contributed by atoms with E-state index in [4.69, 9.17) is 4.74 Å². The lowest BCUT2D eigenvalue weighted by Crippen LogP contribution is -2.16. The maximum Gasteiger partial charge on any atom is 0.306 e. The fourth-order valence-electron chi connectivity index (χ4n) is 1.41. The molecule has 0 fully saturated rings. The molecule has 0 N–H and O–H groups in total. The Hall–Kier alpha value is -0.860. The molecule has 0 aromatic carbocycles. The number of carbonyl (C=O) groups is 2. The third-order valence-corrected chi connectivity index (χ3v) is 2.32. The van der Waals surface area contributed by atoms with E-state index in [1.54, 1.807) is 0 Å². The van der Waals surface area contributed by atoms with Crippen LogP contribution in [0.15, 0.2) is 0 Å². The number of hydrogen-bond donors (Lipinski definition) is 0. The molecular weight excluding hydrogens is 192 g/mol. The van der Waals surface area contributed by atoms with Crippen LogP contribution >= 0.6 is 0 Å². The van der Waals surface area contributed by atoms with E-state index in [0.717, 1.165) is 38.4 Å². The molecule has 0 saturated heterocycles. The summed E-state index contributed by atoms with van der Waals surface area (Å²) in [6.07, 6.45) is 6.34. The number of rotatable bonds is 9. The Morgan fingerprint density at radius 1 is 1.33 bits per heavy atom. The first-order chi connectivity index (χ1) is 7.24. The number of carbonyl (C=O) groups excluding carboxylic acids is 2. The Balaban J connectivity index is 3.56. The zero-order valence-corrected chi connectivity index (χ0v) is 9.83. The van der Waals surface area contributed by atoms with Gasteiger partial charge in [0.05, 0.1) is 0 Å². The summed E-state index contributed by atoms with van der Waals surface area (Å²) in [5.74, 6) is -0.124. The summed E-state index contributed by atoms with van der Waals surface area (Å²) in [7, 11) is 0. The van der Waals surface area contributed by atoms with Gasteiger partial charge in [0.1, 0.15) is 12.4 Å². The molecule has 0 bridgehead atoms. The van der Waals surface area contributed by atoms with E-state index in [-0.39, 0.29) is 12.1 Å². The van der Waals surface area contributed by atoms with Crippen molar-refractivity contribution in [2.24, 2.45) is 0 Å². The molecule has 0 aromatic heterocycles. The van der Waals surface area contributed by atoms with Gasteiger partial charge in [0.15, 0.2) is 0 Å². The highest BCUT2D eigenvalue weighted by Gasteiger charge is 2.10. The van der Waals surface area contributed by atoms with Crippen molar-refractivity contribution in [2.75, 3.05) is 0 Å². The maximum absolute atomic E-state index is 11.3. The Morgan fingerprint density at radius 2 is 2.07 bits per heavy atom. The molecule has 0 spiro atoms. The van der Waals surface area contributed by atoms with Crippen LogP contribution in [0.3, 0.4) is 0 Å². The van der Waals surface area contributed by atoms with E-state index in [9.17, 15) is 9.59 Å². The van der Waals surface area contributed by atoms with Crippen LogP contribution in [0, 0.1) is 0 Å². The summed E-state index contributed by atoms with van der Waals surface area (Å²) in [6, 6.07) is 0. The van der Waals surface area contributed by atoms with Crippen LogP contribution in [0.25, 0.3) is 0 Å². The van der Waals surface area contributed by atoms with E-state index in [0.29, 0.717) is 12.8 Å². The van der Waals surface area contributed by atoms with Gasteiger partial charge >= 0.3 is 5.97 Å². The fraction of sp³-hybridized carbons (Fsp3) is 0.833. The van der Waals surface area contributed by atoms with Gasteiger partial charge in [-0.05, 0) is 25.7 Å². The van der Waals surface area contributed by atoms with Gasteiger partial charge in [-0.15, -0.1) is 0 Å². The van der Waals surface area contributed by atoms with Gasteiger partial charge in [-0.2, -0.15) is 0 Å². The molecule has 0 aliphatic heterocycles. The van der Waals surface area contributed by atoms with Crippen molar-refractivity contribution in [2.45, 2.75) is 64.9 Å². The quantitative estimate of drug-likeness (QED) is 0.337. The third kappa shape index (κ3) is 8.16. The fourth-order valence-corrected chi connectivity index (χ4v) is 1.41. The van der Waals surface area contributed by atoms with Crippen molar-refractivity contribution in [1.29, 1.82) is 0 Å². The van der Waals surface area contributed by atoms with Crippen molar-refractivity contribution in [3.05, 3.63) is 0 Å². The molecule has 1 atom stereocenters. The summed E-state index contributed by atoms with van der Waals surface area (Å²) in [5.41, 5.74) is 0. The number of unbranched alkanes of at least 4 members (excludes halogenated alkanes) is 2. The lowest BCUT2D eigenvalue weighted by molar-refractivity contribution is -0.149. The lowest BCUT2D eigenvalue weighted by atomic mass is 10.1. The highest BCUT2D eigenvalue weighted by molar-refractivity contribution is 5.69. The molecule has 88 valence electrons. The van der Waals surface area contributed by atoms with Crippen LogP contribution in [0.5, 0.6) is 0 Å². The molecule has 0 radical (unpaired) electrons. The summed E-state index contributed by atoms with van der Waals surface area (Å²) in [5, 5.41) is 0. The summed E-state index contributed by atoms with van der Waals surface area (Å²) < 4.78 is 5.29. The molecular formula is C12H22O3. The molecule has 3 nitrogen and oxygen atoms in total. The lowest BCUT2D eigenvalue weighted by Gasteiger charge is -2.14. The Labute approximate surface area is 92.2 Å². The second-order valence-corrected chi connectivity index (χ2v) is 3.72. The van der Waals surface area contributed by atoms with Crippen molar-refractivity contribution < 1.29 is 14.3 Å². The van der Waals surface area contributed by atoms with E-state index >= 15 is 0 Å². The average Bonchev–Trinajstić information content (AvgIpc) is 2.24. The Kier molecular flexibility index (Phi) is 9.13. The first kappa shape index (κ1) is 14.1. The van der Waals surface area contributed by atoms with Crippen LogP contribution in [0.4, 0.5) is 0 Å². The molecule has 0 aliphatic carbocycles. The first-order valence-electron chi connectivity index (χ1n) is 5.87. The third-order valence-electron chi connectivity index (χ3n) is 2.32. The number of aldehydes is 1. The molecule has 0 rings (SSSR count). The number of ether oxygens (including phenoxy) is 1. The van der Waals surface area contributed by atoms with Gasteiger partial charge < -0.3 is 9.53 Å². The van der Waals surface area contributed by atoms with Gasteiger partial charge in [-0.3, -0.25) is 4.79 Å². The topological polar surface area (TPSA) is 43.4 Å². The van der Waals surface area contributed by atoms with Crippen molar-refractivity contribution in [3.8, 4) is 0 Å². The van der Waals surface area contributed by atoms with Crippen LogP contribution in [-0.2, 0) is 14.3 Å². The second-order valence-electron chi connectivity index (χ2n) is 3.72. The zero-order valence-electron chi connectivity index (χ0n) is 9.83. The first-order valence-corrected chi connectivity index (χ1v) is 5.87. The zero-order chi connectivity index (χ0) is 11.5. The van der Waals surface area contributed by atoms with Crippen LogP contribution in [0.1, 0.15) is 58.8 Å². The minimum absolute atomic E-state index is 0.0774. The standard InChI is InChI=1S/C12H22O3/c1-3-8-11(4-2)15-12(14)9-6-5-7-10-13/h10-11H,3-9H2,1-2H3. The van der Waals surface area contributed by atoms with E-state index in [1.165, 1.54) is 0 Å². The normalized spacial score (nSPS) is 12.1. The van der Waals surface area contributed by atoms with Crippen molar-refractivity contribution >= 4 is 12.3 Å². The van der Waals surface area contributed by atoms with E-state index in [1.807, 2.05) is 6.92 Å². The predicted octanol–water partition coefficient (Wildman–Crippen LogP) is 2.87. The highest BCUT2D eigenvalue weighted by atomic mass is 16.5. The van der Waals surface area contributed by atoms with Gasteiger partial charge in [-0.1, -0.05) is 20.3 Å². The summed E-state index contributed by atoms with van der Waals surface area (Å²) in [4.78, 5) is 21.4. The molecule has 0 amide bonds. The van der Waals surface area contributed by atoms with Gasteiger partial charge in [0.2, 0.25) is 0 Å². The largest absolute Gasteiger partial charge is 0.462 e. The van der Waals surface area contributed by atoms with E-state index in [2.05, 4.69) is 6.92 Å². The molecule has 0 aliphatic rings. The number of esters is 1. The van der Waals surface area contributed by atoms with Crippen LogP contribution < -0.4 is 0 Å². The summed E-state index contributed by atoms with van der Waals surface area (Å²) in [6.45, 7) is 4.11.